The van der Waals surface area contributed by atoms with Crippen molar-refractivity contribution >= 4 is 39.1 Å². The molecule has 106 valence electrons. The summed E-state index contributed by atoms with van der Waals surface area (Å²) in [6.07, 6.45) is 0. The van der Waals surface area contributed by atoms with Gasteiger partial charge in [-0.25, -0.2) is 4.39 Å². The lowest BCUT2D eigenvalue weighted by molar-refractivity contribution is 0.473. The molecule has 0 spiro atoms. The molecule has 0 saturated carbocycles. The molecular formula is C14H11BrCl2FNO. The summed E-state index contributed by atoms with van der Waals surface area (Å²) in [5.41, 5.74) is 6.67. The van der Waals surface area contributed by atoms with Gasteiger partial charge in [-0.3, -0.25) is 0 Å². The van der Waals surface area contributed by atoms with Crippen molar-refractivity contribution in [2.75, 3.05) is 0 Å². The largest absolute Gasteiger partial charge is 0.455 e. The molecule has 0 heterocycles. The van der Waals surface area contributed by atoms with Gasteiger partial charge in [-0.1, -0.05) is 29.3 Å². The first kappa shape index (κ1) is 15.6. The van der Waals surface area contributed by atoms with Gasteiger partial charge in [0.15, 0.2) is 0 Å². The lowest BCUT2D eigenvalue weighted by atomic mass is 10.1. The van der Waals surface area contributed by atoms with Crippen LogP contribution in [-0.4, -0.2) is 0 Å². The van der Waals surface area contributed by atoms with Gasteiger partial charge in [-0.15, -0.1) is 0 Å². The fourth-order valence-corrected chi connectivity index (χ4v) is 2.53. The first-order valence-corrected chi connectivity index (χ1v) is 7.31. The van der Waals surface area contributed by atoms with E-state index in [1.54, 1.807) is 12.1 Å². The number of halogens is 4. The van der Waals surface area contributed by atoms with Crippen molar-refractivity contribution in [2.45, 2.75) is 13.0 Å². The van der Waals surface area contributed by atoms with Crippen molar-refractivity contribution < 1.29 is 9.13 Å². The second kappa shape index (κ2) is 6.31. The molecule has 2 N–H and O–H groups in total. The van der Waals surface area contributed by atoms with Gasteiger partial charge >= 0.3 is 0 Å². The molecule has 1 atom stereocenters. The van der Waals surface area contributed by atoms with Gasteiger partial charge in [0.2, 0.25) is 0 Å². The number of benzene rings is 2. The average Bonchev–Trinajstić information content (AvgIpc) is 2.37. The molecule has 2 aromatic rings. The van der Waals surface area contributed by atoms with E-state index < -0.39 is 5.82 Å². The van der Waals surface area contributed by atoms with E-state index in [-0.39, 0.29) is 11.1 Å². The van der Waals surface area contributed by atoms with Crippen LogP contribution in [-0.2, 0) is 0 Å². The van der Waals surface area contributed by atoms with Crippen LogP contribution < -0.4 is 10.5 Å². The summed E-state index contributed by atoms with van der Waals surface area (Å²) in [4.78, 5) is 0. The summed E-state index contributed by atoms with van der Waals surface area (Å²) in [6.45, 7) is 1.86. The minimum Gasteiger partial charge on any atom is -0.455 e. The van der Waals surface area contributed by atoms with Crippen LogP contribution in [0.2, 0.25) is 10.0 Å². The highest BCUT2D eigenvalue weighted by Gasteiger charge is 2.12. The maximum atomic E-state index is 13.5. The van der Waals surface area contributed by atoms with Crippen LogP contribution in [0.5, 0.6) is 11.5 Å². The Morgan fingerprint density at radius 1 is 1.15 bits per heavy atom. The van der Waals surface area contributed by atoms with Crippen molar-refractivity contribution in [1.29, 1.82) is 0 Å². The third-order valence-electron chi connectivity index (χ3n) is 2.68. The second-order valence-electron chi connectivity index (χ2n) is 4.28. The predicted octanol–water partition coefficient (Wildman–Crippen LogP) is 5.71. The maximum absolute atomic E-state index is 13.5. The normalized spacial score (nSPS) is 12.3. The molecule has 0 saturated heterocycles. The van der Waals surface area contributed by atoms with Crippen LogP contribution in [0.4, 0.5) is 4.39 Å². The molecule has 6 heteroatoms. The standard InChI is InChI=1S/C14H11BrCl2FNO/c1-7(19)8-2-3-13(11(17)4-8)20-14-6-12(18)10(16)5-9(14)15/h2-7H,19H2,1H3/t7-/m0/s1. The first-order chi connectivity index (χ1) is 9.38. The molecule has 0 aliphatic rings. The fraction of sp³-hybridized carbons (Fsp3) is 0.143. The van der Waals surface area contributed by atoms with Crippen molar-refractivity contribution in [1.82, 2.24) is 0 Å². The molecule has 0 aliphatic carbocycles. The van der Waals surface area contributed by atoms with Gasteiger partial charge < -0.3 is 10.5 Å². The van der Waals surface area contributed by atoms with Gasteiger partial charge in [0, 0.05) is 12.1 Å². The highest BCUT2D eigenvalue weighted by molar-refractivity contribution is 9.10. The van der Waals surface area contributed by atoms with Crippen LogP contribution in [0.15, 0.2) is 34.8 Å². The Labute approximate surface area is 134 Å². The summed E-state index contributed by atoms with van der Waals surface area (Å²) in [7, 11) is 0. The monoisotopic (exact) mass is 377 g/mol. The number of ether oxygens (including phenoxy) is 1. The van der Waals surface area contributed by atoms with E-state index in [1.807, 2.05) is 13.0 Å². The Bertz CT molecular complexity index is 649. The zero-order chi connectivity index (χ0) is 14.9. The first-order valence-electron chi connectivity index (χ1n) is 5.76. The van der Waals surface area contributed by atoms with E-state index in [4.69, 9.17) is 33.7 Å². The second-order valence-corrected chi connectivity index (χ2v) is 5.95. The molecule has 0 aliphatic heterocycles. The predicted molar refractivity (Wildman–Crippen MR) is 83.2 cm³/mol. The Balaban J connectivity index is 2.33. The Morgan fingerprint density at radius 2 is 1.85 bits per heavy atom. The van der Waals surface area contributed by atoms with Crippen LogP contribution in [0, 0.1) is 5.82 Å². The molecule has 2 nitrogen and oxygen atoms in total. The molecule has 0 fully saturated rings. The Hall–Kier alpha value is -0.810. The molecule has 2 rings (SSSR count). The topological polar surface area (TPSA) is 35.2 Å². The van der Waals surface area contributed by atoms with E-state index in [2.05, 4.69) is 15.9 Å². The van der Waals surface area contributed by atoms with Gasteiger partial charge in [-0.05, 0) is 46.6 Å². The Morgan fingerprint density at radius 3 is 2.45 bits per heavy atom. The quantitative estimate of drug-likeness (QED) is 0.694. The Kier molecular flexibility index (Phi) is 4.91. The minimum atomic E-state index is -0.562. The van der Waals surface area contributed by atoms with Gasteiger partial charge in [0.05, 0.1) is 14.5 Å². The molecule has 0 amide bonds. The third kappa shape index (κ3) is 3.44. The van der Waals surface area contributed by atoms with Gasteiger partial charge in [-0.2, -0.15) is 0 Å². The van der Waals surface area contributed by atoms with Crippen molar-refractivity contribution in [3.63, 3.8) is 0 Å². The van der Waals surface area contributed by atoms with Crippen LogP contribution in [0.3, 0.4) is 0 Å². The lowest BCUT2D eigenvalue weighted by Gasteiger charge is -2.12. The fourth-order valence-electron chi connectivity index (χ4n) is 1.58. The minimum absolute atomic E-state index is 0.0163. The highest BCUT2D eigenvalue weighted by Crippen LogP contribution is 2.37. The molecule has 0 unspecified atom stereocenters. The SMILES string of the molecule is C[C@H](N)c1ccc(Oc2cc(F)c(Cl)cc2Br)c(Cl)c1. The van der Waals surface area contributed by atoms with Crippen molar-refractivity contribution in [2.24, 2.45) is 5.73 Å². The van der Waals surface area contributed by atoms with Gasteiger partial charge in [0.25, 0.3) is 0 Å². The van der Waals surface area contributed by atoms with E-state index >= 15 is 0 Å². The number of hydrogen-bond acceptors (Lipinski definition) is 2. The smallest absolute Gasteiger partial charge is 0.146 e. The van der Waals surface area contributed by atoms with Crippen LogP contribution >= 0.6 is 39.1 Å². The molecule has 0 bridgehead atoms. The molecular weight excluding hydrogens is 368 g/mol. The third-order valence-corrected chi connectivity index (χ3v) is 3.88. The number of hydrogen-bond donors (Lipinski definition) is 1. The van der Waals surface area contributed by atoms with E-state index in [0.29, 0.717) is 21.0 Å². The summed E-state index contributed by atoms with van der Waals surface area (Å²) in [6, 6.07) is 7.73. The number of nitrogens with two attached hydrogens (primary N) is 1. The van der Waals surface area contributed by atoms with E-state index in [0.717, 1.165) is 5.56 Å². The molecule has 2 aromatic carbocycles. The summed E-state index contributed by atoms with van der Waals surface area (Å²) in [5.74, 6) is 0.147. The molecule has 20 heavy (non-hydrogen) atoms. The van der Waals surface area contributed by atoms with E-state index in [1.165, 1.54) is 12.1 Å². The molecule has 0 aromatic heterocycles. The number of rotatable bonds is 3. The summed E-state index contributed by atoms with van der Waals surface area (Å²) < 4.78 is 19.6. The zero-order valence-corrected chi connectivity index (χ0v) is 13.6. The lowest BCUT2D eigenvalue weighted by Crippen LogP contribution is -2.04. The van der Waals surface area contributed by atoms with Crippen LogP contribution in [0.25, 0.3) is 0 Å². The highest BCUT2D eigenvalue weighted by atomic mass is 79.9. The van der Waals surface area contributed by atoms with Crippen molar-refractivity contribution in [3.8, 4) is 11.5 Å². The summed E-state index contributed by atoms with van der Waals surface area (Å²) in [5, 5.41) is 0.421. The van der Waals surface area contributed by atoms with E-state index in [9.17, 15) is 4.39 Å². The van der Waals surface area contributed by atoms with Gasteiger partial charge in [0.1, 0.15) is 17.3 Å². The van der Waals surface area contributed by atoms with Crippen molar-refractivity contribution in [3.05, 3.63) is 56.2 Å². The average molecular weight is 379 g/mol. The maximum Gasteiger partial charge on any atom is 0.146 e. The zero-order valence-electron chi connectivity index (χ0n) is 10.5. The van der Waals surface area contributed by atoms with Crippen LogP contribution in [0.1, 0.15) is 18.5 Å². The summed E-state index contributed by atoms with van der Waals surface area (Å²) >= 11 is 15.1. The molecule has 0 radical (unpaired) electrons.